The topological polar surface area (TPSA) is 38.9 Å². The number of thiazole rings is 1. The Labute approximate surface area is 106 Å². The lowest BCUT2D eigenvalue weighted by Gasteiger charge is -2.21. The van der Waals surface area contributed by atoms with E-state index in [-0.39, 0.29) is 0 Å². The van der Waals surface area contributed by atoms with Crippen LogP contribution < -0.4 is 5.73 Å². The van der Waals surface area contributed by atoms with E-state index < -0.39 is 0 Å². The van der Waals surface area contributed by atoms with Crippen molar-refractivity contribution in [1.29, 1.82) is 0 Å². The monoisotopic (exact) mass is 256 g/mol. The minimum absolute atomic E-state index is 0.691. The van der Waals surface area contributed by atoms with Gasteiger partial charge >= 0.3 is 0 Å². The van der Waals surface area contributed by atoms with Crippen LogP contribution in [0.1, 0.15) is 37.8 Å². The number of aromatic nitrogens is 1. The SMILES string of the molecule is Cc1csc(SC2CCCCCC2CN)n1. The van der Waals surface area contributed by atoms with Crippen LogP contribution in [-0.4, -0.2) is 16.8 Å². The fraction of sp³-hybridized carbons (Fsp3) is 0.750. The molecule has 0 saturated heterocycles. The Bertz CT molecular complexity index is 325. The Morgan fingerprint density at radius 2 is 2.25 bits per heavy atom. The highest BCUT2D eigenvalue weighted by molar-refractivity contribution is 8.01. The van der Waals surface area contributed by atoms with E-state index in [0.29, 0.717) is 11.2 Å². The van der Waals surface area contributed by atoms with Gasteiger partial charge in [0.1, 0.15) is 4.34 Å². The maximum absolute atomic E-state index is 5.89. The van der Waals surface area contributed by atoms with Gasteiger partial charge in [-0.2, -0.15) is 0 Å². The molecule has 1 aromatic heterocycles. The van der Waals surface area contributed by atoms with Gasteiger partial charge in [0, 0.05) is 16.3 Å². The van der Waals surface area contributed by atoms with Crippen LogP contribution in [0.5, 0.6) is 0 Å². The fourth-order valence-electron chi connectivity index (χ4n) is 2.29. The first-order valence-corrected chi connectivity index (χ1v) is 7.84. The molecule has 2 N–H and O–H groups in total. The van der Waals surface area contributed by atoms with Gasteiger partial charge < -0.3 is 5.73 Å². The average molecular weight is 256 g/mol. The molecule has 0 bridgehead atoms. The van der Waals surface area contributed by atoms with Crippen molar-refractivity contribution >= 4 is 23.1 Å². The molecule has 2 nitrogen and oxygen atoms in total. The smallest absolute Gasteiger partial charge is 0.150 e. The van der Waals surface area contributed by atoms with E-state index in [2.05, 4.69) is 17.3 Å². The molecule has 0 aliphatic heterocycles. The molecule has 2 rings (SSSR count). The summed E-state index contributed by atoms with van der Waals surface area (Å²) < 4.78 is 1.22. The number of aryl methyl sites for hydroxylation is 1. The Morgan fingerprint density at radius 1 is 1.44 bits per heavy atom. The molecule has 1 aromatic rings. The molecule has 1 saturated carbocycles. The largest absolute Gasteiger partial charge is 0.330 e. The Hall–Kier alpha value is -0.0600. The summed E-state index contributed by atoms with van der Waals surface area (Å²) in [7, 11) is 0. The second-order valence-electron chi connectivity index (χ2n) is 4.54. The first kappa shape index (κ1) is 12.4. The molecule has 1 heterocycles. The van der Waals surface area contributed by atoms with Gasteiger partial charge in [-0.1, -0.05) is 31.0 Å². The lowest BCUT2D eigenvalue weighted by molar-refractivity contribution is 0.483. The zero-order valence-electron chi connectivity index (χ0n) is 9.82. The highest BCUT2D eigenvalue weighted by Crippen LogP contribution is 2.37. The molecule has 0 aromatic carbocycles. The van der Waals surface area contributed by atoms with Gasteiger partial charge in [0.25, 0.3) is 0 Å². The van der Waals surface area contributed by atoms with E-state index in [1.54, 1.807) is 11.3 Å². The van der Waals surface area contributed by atoms with Crippen LogP contribution in [-0.2, 0) is 0 Å². The number of hydrogen-bond donors (Lipinski definition) is 1. The lowest BCUT2D eigenvalue weighted by Crippen LogP contribution is -2.24. The van der Waals surface area contributed by atoms with Gasteiger partial charge in [0.2, 0.25) is 0 Å². The zero-order valence-corrected chi connectivity index (χ0v) is 11.4. The molecule has 0 spiro atoms. The summed E-state index contributed by atoms with van der Waals surface area (Å²) in [5.74, 6) is 0.691. The molecular formula is C12H20N2S2. The molecule has 0 amide bonds. The summed E-state index contributed by atoms with van der Waals surface area (Å²) in [4.78, 5) is 4.54. The van der Waals surface area contributed by atoms with Crippen molar-refractivity contribution in [3.05, 3.63) is 11.1 Å². The van der Waals surface area contributed by atoms with Crippen LogP contribution in [0.3, 0.4) is 0 Å². The number of thioether (sulfide) groups is 1. The third-order valence-corrected chi connectivity index (χ3v) is 5.79. The van der Waals surface area contributed by atoms with Crippen molar-refractivity contribution in [3.8, 4) is 0 Å². The van der Waals surface area contributed by atoms with Crippen LogP contribution in [0, 0.1) is 12.8 Å². The number of hydrogen-bond acceptors (Lipinski definition) is 4. The highest BCUT2D eigenvalue weighted by Gasteiger charge is 2.24. The quantitative estimate of drug-likeness (QED) is 0.842. The van der Waals surface area contributed by atoms with Gasteiger partial charge in [-0.05, 0) is 32.2 Å². The van der Waals surface area contributed by atoms with Crippen molar-refractivity contribution < 1.29 is 0 Å². The number of rotatable bonds is 3. The molecule has 1 aliphatic rings. The van der Waals surface area contributed by atoms with Crippen molar-refractivity contribution in [2.75, 3.05) is 6.54 Å². The van der Waals surface area contributed by atoms with E-state index in [0.717, 1.165) is 12.2 Å². The molecule has 2 unspecified atom stereocenters. The predicted molar refractivity (Wildman–Crippen MR) is 72.1 cm³/mol. The predicted octanol–water partition coefficient (Wildman–Crippen LogP) is 3.45. The molecule has 16 heavy (non-hydrogen) atoms. The summed E-state index contributed by atoms with van der Waals surface area (Å²) in [5, 5.41) is 2.83. The fourth-order valence-corrected chi connectivity index (χ4v) is 4.73. The second-order valence-corrected chi connectivity index (χ2v) is 6.89. The van der Waals surface area contributed by atoms with Crippen LogP contribution in [0.4, 0.5) is 0 Å². The molecule has 1 aliphatic carbocycles. The van der Waals surface area contributed by atoms with E-state index in [4.69, 9.17) is 5.73 Å². The maximum atomic E-state index is 5.89. The Kier molecular flexibility index (Phi) is 4.67. The van der Waals surface area contributed by atoms with Crippen LogP contribution >= 0.6 is 23.1 Å². The summed E-state index contributed by atoms with van der Waals surface area (Å²) in [6, 6.07) is 0. The van der Waals surface area contributed by atoms with Crippen LogP contribution in [0.25, 0.3) is 0 Å². The van der Waals surface area contributed by atoms with E-state index in [1.165, 1.54) is 36.4 Å². The average Bonchev–Trinajstić information content (AvgIpc) is 2.56. The zero-order chi connectivity index (χ0) is 11.4. The number of nitrogens with zero attached hydrogens (tertiary/aromatic N) is 1. The summed E-state index contributed by atoms with van der Waals surface area (Å²) in [6.07, 6.45) is 6.71. The Balaban J connectivity index is 1.99. The van der Waals surface area contributed by atoms with Gasteiger partial charge in [-0.25, -0.2) is 4.98 Å². The standard InChI is InChI=1S/C12H20N2S2/c1-9-8-15-12(14-9)16-11-6-4-2-3-5-10(11)7-13/h8,10-11H,2-7,13H2,1H3. The molecule has 2 atom stereocenters. The third-order valence-electron chi connectivity index (χ3n) is 3.24. The first-order chi connectivity index (χ1) is 7.79. The van der Waals surface area contributed by atoms with E-state index >= 15 is 0 Å². The molecular weight excluding hydrogens is 236 g/mol. The van der Waals surface area contributed by atoms with E-state index in [9.17, 15) is 0 Å². The first-order valence-electron chi connectivity index (χ1n) is 6.08. The van der Waals surface area contributed by atoms with Gasteiger partial charge in [0.05, 0.1) is 0 Å². The summed E-state index contributed by atoms with van der Waals surface area (Å²) in [5.41, 5.74) is 7.04. The van der Waals surface area contributed by atoms with Crippen LogP contribution in [0.2, 0.25) is 0 Å². The lowest BCUT2D eigenvalue weighted by atomic mass is 10.0. The Morgan fingerprint density at radius 3 is 2.94 bits per heavy atom. The summed E-state index contributed by atoms with van der Waals surface area (Å²) >= 11 is 3.73. The summed E-state index contributed by atoms with van der Waals surface area (Å²) in [6.45, 7) is 2.90. The second kappa shape index (κ2) is 6.03. The van der Waals surface area contributed by atoms with Crippen molar-refractivity contribution in [2.24, 2.45) is 11.7 Å². The van der Waals surface area contributed by atoms with E-state index in [1.807, 2.05) is 11.8 Å². The normalized spacial score (nSPS) is 26.6. The third kappa shape index (κ3) is 3.22. The van der Waals surface area contributed by atoms with Gasteiger partial charge in [-0.15, -0.1) is 11.3 Å². The minimum Gasteiger partial charge on any atom is -0.330 e. The van der Waals surface area contributed by atoms with Crippen molar-refractivity contribution in [3.63, 3.8) is 0 Å². The molecule has 4 heteroatoms. The highest BCUT2D eigenvalue weighted by atomic mass is 32.2. The van der Waals surface area contributed by atoms with Crippen molar-refractivity contribution in [2.45, 2.75) is 48.6 Å². The van der Waals surface area contributed by atoms with Crippen molar-refractivity contribution in [1.82, 2.24) is 4.98 Å². The van der Waals surface area contributed by atoms with Crippen LogP contribution in [0.15, 0.2) is 9.72 Å². The number of nitrogens with two attached hydrogens (primary N) is 1. The molecule has 90 valence electrons. The maximum Gasteiger partial charge on any atom is 0.150 e. The minimum atomic E-state index is 0.691. The molecule has 0 radical (unpaired) electrons. The molecule has 1 fully saturated rings. The van der Waals surface area contributed by atoms with Gasteiger partial charge in [-0.3, -0.25) is 0 Å². The van der Waals surface area contributed by atoms with Gasteiger partial charge in [0.15, 0.2) is 0 Å².